The maximum absolute atomic E-state index is 3.96. The van der Waals surface area contributed by atoms with Crippen molar-refractivity contribution in [3.63, 3.8) is 0 Å². The maximum atomic E-state index is 3.96. The van der Waals surface area contributed by atoms with E-state index in [0.29, 0.717) is 0 Å². The van der Waals surface area contributed by atoms with Gasteiger partial charge >= 0.3 is 0 Å². The second-order valence-corrected chi connectivity index (χ2v) is 6.89. The fourth-order valence-corrected chi connectivity index (χ4v) is 4.36. The average Bonchev–Trinajstić information content (AvgIpc) is 2.75. The molecule has 20 heavy (non-hydrogen) atoms. The highest BCUT2D eigenvalue weighted by Crippen LogP contribution is 2.40. The van der Waals surface area contributed by atoms with Crippen LogP contribution in [0.4, 0.5) is 0 Å². The molecule has 0 saturated heterocycles. The summed E-state index contributed by atoms with van der Waals surface area (Å²) in [6.45, 7) is 5.88. The van der Waals surface area contributed by atoms with Crippen molar-refractivity contribution in [2.24, 2.45) is 17.8 Å². The van der Waals surface area contributed by atoms with Gasteiger partial charge in [0.15, 0.2) is 0 Å². The largest absolute Gasteiger partial charge is 0.313 e. The number of nitrogens with one attached hydrogen (secondary N) is 1. The Labute approximate surface area is 124 Å². The summed E-state index contributed by atoms with van der Waals surface area (Å²) in [5.74, 6) is 2.61. The van der Waals surface area contributed by atoms with Crippen molar-refractivity contribution in [3.05, 3.63) is 35.4 Å². The first-order chi connectivity index (χ1) is 9.81. The zero-order chi connectivity index (χ0) is 13.9. The second-order valence-electron chi connectivity index (χ2n) is 6.89. The summed E-state index contributed by atoms with van der Waals surface area (Å²) in [6, 6.07) is 9.90. The van der Waals surface area contributed by atoms with Gasteiger partial charge in [-0.15, -0.1) is 0 Å². The van der Waals surface area contributed by atoms with E-state index in [1.54, 1.807) is 11.1 Å². The van der Waals surface area contributed by atoms with Gasteiger partial charge in [0.1, 0.15) is 0 Å². The Morgan fingerprint density at radius 1 is 1.00 bits per heavy atom. The van der Waals surface area contributed by atoms with Crippen LogP contribution in [-0.4, -0.2) is 12.6 Å². The third-order valence-electron chi connectivity index (χ3n) is 5.80. The molecular formula is C19H29N. The molecule has 2 atom stereocenters. The smallest absolute Gasteiger partial charge is 0.0130 e. The lowest BCUT2D eigenvalue weighted by Gasteiger charge is -2.26. The minimum Gasteiger partial charge on any atom is -0.313 e. The van der Waals surface area contributed by atoms with Crippen LogP contribution in [0.1, 0.15) is 50.7 Å². The molecule has 3 rings (SSSR count). The van der Waals surface area contributed by atoms with Gasteiger partial charge in [0.05, 0.1) is 0 Å². The first kappa shape index (κ1) is 14.1. The molecule has 1 nitrogen and oxygen atoms in total. The summed E-state index contributed by atoms with van der Waals surface area (Å²) >= 11 is 0. The van der Waals surface area contributed by atoms with Crippen molar-refractivity contribution in [2.75, 3.05) is 6.54 Å². The van der Waals surface area contributed by atoms with E-state index in [-0.39, 0.29) is 0 Å². The van der Waals surface area contributed by atoms with E-state index in [2.05, 4.69) is 43.4 Å². The Kier molecular flexibility index (Phi) is 4.45. The van der Waals surface area contributed by atoms with E-state index >= 15 is 0 Å². The molecule has 2 aliphatic rings. The first-order valence-electron chi connectivity index (χ1n) is 8.62. The Balaban J connectivity index is 1.69. The fourth-order valence-electron chi connectivity index (χ4n) is 4.36. The van der Waals surface area contributed by atoms with E-state index in [9.17, 15) is 0 Å². The number of fused-ring (bicyclic) bond motifs is 3. The maximum Gasteiger partial charge on any atom is 0.0130 e. The van der Waals surface area contributed by atoms with Crippen LogP contribution in [0.25, 0.3) is 0 Å². The molecule has 0 aliphatic heterocycles. The fraction of sp³-hybridized carbons (Fsp3) is 0.684. The van der Waals surface area contributed by atoms with Gasteiger partial charge in [0.25, 0.3) is 0 Å². The predicted molar refractivity (Wildman–Crippen MR) is 85.9 cm³/mol. The lowest BCUT2D eigenvalue weighted by atomic mass is 9.94. The molecule has 1 aromatic carbocycles. The van der Waals surface area contributed by atoms with Gasteiger partial charge in [0, 0.05) is 6.04 Å². The summed E-state index contributed by atoms with van der Waals surface area (Å²) in [4.78, 5) is 0. The van der Waals surface area contributed by atoms with Crippen LogP contribution >= 0.6 is 0 Å². The van der Waals surface area contributed by atoms with Crippen molar-refractivity contribution in [1.82, 2.24) is 5.32 Å². The predicted octanol–water partition coefficient (Wildman–Crippen LogP) is 4.21. The molecule has 0 heterocycles. The van der Waals surface area contributed by atoms with Gasteiger partial charge in [-0.25, -0.2) is 0 Å². The third kappa shape index (κ3) is 2.79. The van der Waals surface area contributed by atoms with Crippen LogP contribution < -0.4 is 5.32 Å². The van der Waals surface area contributed by atoms with Gasteiger partial charge in [0.2, 0.25) is 0 Å². The molecule has 1 saturated carbocycles. The highest BCUT2D eigenvalue weighted by atomic mass is 14.9. The van der Waals surface area contributed by atoms with Crippen molar-refractivity contribution < 1.29 is 0 Å². The molecule has 2 bridgehead atoms. The molecule has 2 unspecified atom stereocenters. The van der Waals surface area contributed by atoms with Crippen LogP contribution in [0.3, 0.4) is 0 Å². The molecule has 0 spiro atoms. The standard InChI is InChI=1S/C19H29N/c1-3-14(4-2)13-20-19-17-9-10-18(19)12-16-8-6-5-7-15(16)11-17/h5-8,14,17-20H,3-4,9-13H2,1-2H3. The molecule has 1 fully saturated rings. The Morgan fingerprint density at radius 3 is 2.05 bits per heavy atom. The van der Waals surface area contributed by atoms with Crippen LogP contribution in [0.15, 0.2) is 24.3 Å². The first-order valence-corrected chi connectivity index (χ1v) is 8.62. The molecule has 0 aromatic heterocycles. The van der Waals surface area contributed by atoms with Crippen molar-refractivity contribution in [1.29, 1.82) is 0 Å². The summed E-state index contributed by atoms with van der Waals surface area (Å²) < 4.78 is 0. The highest BCUT2D eigenvalue weighted by Gasteiger charge is 2.38. The normalized spacial score (nSPS) is 28.4. The summed E-state index contributed by atoms with van der Waals surface area (Å²) in [6.07, 6.45) is 8.08. The number of benzene rings is 1. The van der Waals surface area contributed by atoms with E-state index in [0.717, 1.165) is 23.8 Å². The van der Waals surface area contributed by atoms with Crippen LogP contribution in [0.5, 0.6) is 0 Å². The van der Waals surface area contributed by atoms with Gasteiger partial charge in [-0.3, -0.25) is 0 Å². The monoisotopic (exact) mass is 271 g/mol. The Hall–Kier alpha value is -0.820. The lowest BCUT2D eigenvalue weighted by Crippen LogP contribution is -2.40. The van der Waals surface area contributed by atoms with Crippen LogP contribution in [-0.2, 0) is 12.8 Å². The molecule has 0 radical (unpaired) electrons. The quantitative estimate of drug-likeness (QED) is 0.846. The summed E-state index contributed by atoms with van der Waals surface area (Å²) in [5.41, 5.74) is 3.24. The lowest BCUT2D eigenvalue weighted by molar-refractivity contribution is 0.312. The van der Waals surface area contributed by atoms with Gasteiger partial charge < -0.3 is 5.32 Å². The zero-order valence-corrected chi connectivity index (χ0v) is 13.1. The van der Waals surface area contributed by atoms with Crippen molar-refractivity contribution in [2.45, 2.75) is 58.4 Å². The Morgan fingerprint density at radius 2 is 1.55 bits per heavy atom. The average molecular weight is 271 g/mol. The molecular weight excluding hydrogens is 242 g/mol. The highest BCUT2D eigenvalue weighted by molar-refractivity contribution is 5.30. The van der Waals surface area contributed by atoms with Crippen LogP contribution in [0, 0.1) is 17.8 Å². The van der Waals surface area contributed by atoms with Crippen molar-refractivity contribution in [3.8, 4) is 0 Å². The minimum absolute atomic E-state index is 0.767. The molecule has 0 amide bonds. The Bertz CT molecular complexity index is 402. The molecule has 110 valence electrons. The van der Waals surface area contributed by atoms with Crippen molar-refractivity contribution >= 4 is 0 Å². The van der Waals surface area contributed by atoms with E-state index < -0.39 is 0 Å². The number of hydrogen-bond donors (Lipinski definition) is 1. The van der Waals surface area contributed by atoms with E-state index in [4.69, 9.17) is 0 Å². The summed E-state index contributed by atoms with van der Waals surface area (Å²) in [5, 5.41) is 3.96. The van der Waals surface area contributed by atoms with Crippen LogP contribution in [0.2, 0.25) is 0 Å². The number of rotatable bonds is 5. The summed E-state index contributed by atoms with van der Waals surface area (Å²) in [7, 11) is 0. The van der Waals surface area contributed by atoms with E-state index in [1.807, 2.05) is 0 Å². The topological polar surface area (TPSA) is 12.0 Å². The second kappa shape index (κ2) is 6.30. The molecule has 1 N–H and O–H groups in total. The SMILES string of the molecule is CCC(CC)CNC1C2CCC1Cc1ccccc1C2. The third-order valence-corrected chi connectivity index (χ3v) is 5.80. The van der Waals surface area contributed by atoms with Gasteiger partial charge in [-0.05, 0) is 61.1 Å². The molecule has 2 aliphatic carbocycles. The minimum atomic E-state index is 0.767. The van der Waals surface area contributed by atoms with E-state index in [1.165, 1.54) is 45.1 Å². The molecule has 1 aromatic rings. The molecule has 1 heteroatoms. The van der Waals surface area contributed by atoms with Gasteiger partial charge in [-0.1, -0.05) is 51.0 Å². The number of hydrogen-bond acceptors (Lipinski definition) is 1. The van der Waals surface area contributed by atoms with Gasteiger partial charge in [-0.2, -0.15) is 0 Å². The zero-order valence-electron chi connectivity index (χ0n) is 13.1.